The SMILES string of the molecule is CB1OCC2CC2O1. The van der Waals surface area contributed by atoms with Crippen LogP contribution in [0, 0.1) is 5.92 Å². The maximum atomic E-state index is 5.34. The molecule has 44 valence electrons. The number of fused-ring (bicyclic) bond motifs is 1. The first kappa shape index (κ1) is 4.83. The van der Waals surface area contributed by atoms with Gasteiger partial charge in [0.25, 0.3) is 0 Å². The van der Waals surface area contributed by atoms with Gasteiger partial charge in [-0.1, -0.05) is 0 Å². The van der Waals surface area contributed by atoms with E-state index in [1.165, 1.54) is 6.42 Å². The molecule has 2 unspecified atom stereocenters. The van der Waals surface area contributed by atoms with Gasteiger partial charge < -0.3 is 9.31 Å². The first-order valence-electron chi connectivity index (χ1n) is 3.13. The summed E-state index contributed by atoms with van der Waals surface area (Å²) in [5, 5.41) is 0. The molecule has 1 aliphatic carbocycles. The number of rotatable bonds is 0. The first-order valence-corrected chi connectivity index (χ1v) is 3.13. The second-order valence-corrected chi connectivity index (χ2v) is 2.57. The van der Waals surface area contributed by atoms with Crippen molar-refractivity contribution in [2.75, 3.05) is 6.61 Å². The Labute approximate surface area is 49.3 Å². The molecule has 0 radical (unpaired) electrons. The highest BCUT2D eigenvalue weighted by atomic mass is 16.6. The molecule has 2 nitrogen and oxygen atoms in total. The Kier molecular flexibility index (Phi) is 0.895. The van der Waals surface area contributed by atoms with Crippen LogP contribution in [-0.4, -0.2) is 19.8 Å². The van der Waals surface area contributed by atoms with Crippen LogP contribution in [0.3, 0.4) is 0 Å². The van der Waals surface area contributed by atoms with Gasteiger partial charge in [-0.05, 0) is 13.2 Å². The maximum Gasteiger partial charge on any atom is 0.453 e. The van der Waals surface area contributed by atoms with E-state index in [0.717, 1.165) is 12.5 Å². The molecule has 2 atom stereocenters. The van der Waals surface area contributed by atoms with Crippen molar-refractivity contribution in [2.24, 2.45) is 5.92 Å². The fourth-order valence-electron chi connectivity index (χ4n) is 1.11. The Balaban J connectivity index is 1.93. The smallest absolute Gasteiger partial charge is 0.411 e. The largest absolute Gasteiger partial charge is 0.453 e. The Morgan fingerprint density at radius 1 is 1.62 bits per heavy atom. The quantitative estimate of drug-likeness (QED) is 0.425. The highest BCUT2D eigenvalue weighted by molar-refractivity contribution is 6.42. The fraction of sp³-hybridized carbons (Fsp3) is 1.00. The van der Waals surface area contributed by atoms with Gasteiger partial charge in [0, 0.05) is 18.6 Å². The molecule has 2 aliphatic rings. The topological polar surface area (TPSA) is 18.5 Å². The minimum Gasteiger partial charge on any atom is -0.411 e. The molecule has 0 aromatic heterocycles. The molecule has 1 saturated carbocycles. The molecule has 0 spiro atoms. The molecule has 0 N–H and O–H groups in total. The third kappa shape index (κ3) is 0.662. The lowest BCUT2D eigenvalue weighted by Gasteiger charge is -2.14. The minimum atomic E-state index is 0.0544. The lowest BCUT2D eigenvalue weighted by molar-refractivity contribution is 0.129. The average Bonchev–Trinajstić information content (AvgIpc) is 2.43. The summed E-state index contributed by atoms with van der Waals surface area (Å²) >= 11 is 0. The van der Waals surface area contributed by atoms with Crippen LogP contribution in [0.1, 0.15) is 6.42 Å². The van der Waals surface area contributed by atoms with E-state index in [1.807, 2.05) is 6.82 Å². The molecule has 3 heteroatoms. The van der Waals surface area contributed by atoms with Crippen LogP contribution >= 0.6 is 0 Å². The summed E-state index contributed by atoms with van der Waals surface area (Å²) in [5.41, 5.74) is 0. The summed E-state index contributed by atoms with van der Waals surface area (Å²) in [6, 6.07) is 0. The standard InChI is InChI=1S/C5H9BO2/c1-6-7-3-4-2-5(4)8-6/h4-5H,2-3H2,1H3. The molecule has 0 amide bonds. The average molecular weight is 112 g/mol. The monoisotopic (exact) mass is 112 g/mol. The minimum absolute atomic E-state index is 0.0544. The molecule has 1 heterocycles. The van der Waals surface area contributed by atoms with E-state index in [-0.39, 0.29) is 7.12 Å². The lowest BCUT2D eigenvalue weighted by Crippen LogP contribution is -2.27. The zero-order valence-electron chi connectivity index (χ0n) is 4.96. The Morgan fingerprint density at radius 3 is 3.12 bits per heavy atom. The van der Waals surface area contributed by atoms with Crippen molar-refractivity contribution in [3.8, 4) is 0 Å². The van der Waals surface area contributed by atoms with Crippen LogP contribution in [0.4, 0.5) is 0 Å². The summed E-state index contributed by atoms with van der Waals surface area (Å²) in [6.07, 6.45) is 1.78. The molecule has 0 aromatic carbocycles. The molecule has 1 saturated heterocycles. The molecular weight excluding hydrogens is 103 g/mol. The van der Waals surface area contributed by atoms with Gasteiger partial charge in [0.2, 0.25) is 0 Å². The highest BCUT2D eigenvalue weighted by Crippen LogP contribution is 2.37. The number of hydrogen-bond donors (Lipinski definition) is 0. The van der Waals surface area contributed by atoms with Gasteiger partial charge >= 0.3 is 7.12 Å². The van der Waals surface area contributed by atoms with E-state index in [2.05, 4.69) is 0 Å². The second kappa shape index (κ2) is 1.48. The van der Waals surface area contributed by atoms with Crippen molar-refractivity contribution in [2.45, 2.75) is 19.3 Å². The Morgan fingerprint density at radius 2 is 2.50 bits per heavy atom. The van der Waals surface area contributed by atoms with Gasteiger partial charge in [-0.15, -0.1) is 0 Å². The zero-order chi connectivity index (χ0) is 5.56. The first-order chi connectivity index (χ1) is 3.86. The van der Waals surface area contributed by atoms with Crippen LogP contribution < -0.4 is 0 Å². The molecule has 0 aromatic rings. The van der Waals surface area contributed by atoms with Gasteiger partial charge in [-0.25, -0.2) is 0 Å². The van der Waals surface area contributed by atoms with E-state index in [4.69, 9.17) is 9.31 Å². The molecule has 1 aliphatic heterocycles. The second-order valence-electron chi connectivity index (χ2n) is 2.57. The van der Waals surface area contributed by atoms with Crippen molar-refractivity contribution in [1.82, 2.24) is 0 Å². The number of hydrogen-bond acceptors (Lipinski definition) is 2. The van der Waals surface area contributed by atoms with Crippen LogP contribution in [-0.2, 0) is 9.31 Å². The molecule has 0 bridgehead atoms. The normalized spacial score (nSPS) is 43.9. The third-order valence-electron chi connectivity index (χ3n) is 1.77. The van der Waals surface area contributed by atoms with Crippen LogP contribution in [0.5, 0.6) is 0 Å². The predicted octanol–water partition coefficient (Wildman–Crippen LogP) is 0.540. The van der Waals surface area contributed by atoms with E-state index in [9.17, 15) is 0 Å². The van der Waals surface area contributed by atoms with Gasteiger partial charge in [0.05, 0.1) is 0 Å². The lowest BCUT2D eigenvalue weighted by atomic mass is 9.94. The van der Waals surface area contributed by atoms with E-state index < -0.39 is 0 Å². The van der Waals surface area contributed by atoms with Gasteiger partial charge in [0.15, 0.2) is 0 Å². The predicted molar refractivity (Wildman–Crippen MR) is 30.5 cm³/mol. The summed E-state index contributed by atoms with van der Waals surface area (Å²) in [4.78, 5) is 0. The Hall–Kier alpha value is -0.0151. The molecule has 8 heavy (non-hydrogen) atoms. The van der Waals surface area contributed by atoms with Crippen molar-refractivity contribution in [1.29, 1.82) is 0 Å². The van der Waals surface area contributed by atoms with Gasteiger partial charge in [-0.2, -0.15) is 0 Å². The highest BCUT2D eigenvalue weighted by Gasteiger charge is 2.44. The van der Waals surface area contributed by atoms with Gasteiger partial charge in [0.1, 0.15) is 0 Å². The fourth-order valence-corrected chi connectivity index (χ4v) is 1.11. The van der Waals surface area contributed by atoms with Crippen molar-refractivity contribution >= 4 is 7.12 Å². The van der Waals surface area contributed by atoms with Crippen LogP contribution in [0.2, 0.25) is 6.82 Å². The third-order valence-corrected chi connectivity index (χ3v) is 1.77. The summed E-state index contributed by atoms with van der Waals surface area (Å²) in [6.45, 7) is 2.88. The van der Waals surface area contributed by atoms with Crippen molar-refractivity contribution in [3.63, 3.8) is 0 Å². The van der Waals surface area contributed by atoms with Crippen molar-refractivity contribution < 1.29 is 9.31 Å². The summed E-state index contributed by atoms with van der Waals surface area (Å²) < 4.78 is 10.5. The molecule has 2 rings (SSSR count). The van der Waals surface area contributed by atoms with Crippen LogP contribution in [0.15, 0.2) is 0 Å². The summed E-state index contributed by atoms with van der Waals surface area (Å²) in [5.74, 6) is 0.742. The van der Waals surface area contributed by atoms with Crippen molar-refractivity contribution in [3.05, 3.63) is 0 Å². The maximum absolute atomic E-state index is 5.34. The van der Waals surface area contributed by atoms with E-state index in [0.29, 0.717) is 6.10 Å². The summed E-state index contributed by atoms with van der Waals surface area (Å²) in [7, 11) is 0.0544. The van der Waals surface area contributed by atoms with E-state index >= 15 is 0 Å². The van der Waals surface area contributed by atoms with E-state index in [1.54, 1.807) is 0 Å². The molecule has 2 fully saturated rings. The molecular formula is C5H9BO2. The zero-order valence-corrected chi connectivity index (χ0v) is 4.96. The Bertz CT molecular complexity index is 107. The van der Waals surface area contributed by atoms with Crippen LogP contribution in [0.25, 0.3) is 0 Å². The van der Waals surface area contributed by atoms with Gasteiger partial charge in [-0.3, -0.25) is 0 Å².